The molecule has 4 heteroatoms. The first-order chi connectivity index (χ1) is 11.6. The van der Waals surface area contributed by atoms with Crippen LogP contribution >= 0.6 is 0 Å². The van der Waals surface area contributed by atoms with Crippen molar-refractivity contribution >= 4 is 11.6 Å². The molecule has 1 atom stereocenters. The molecule has 2 aromatic carbocycles. The van der Waals surface area contributed by atoms with Gasteiger partial charge in [-0.1, -0.05) is 17.7 Å². The highest BCUT2D eigenvalue weighted by molar-refractivity contribution is 5.84. The number of hydrogen-bond acceptors (Lipinski definition) is 3. The topological polar surface area (TPSA) is 41.6 Å². The number of likely N-dealkylation sites (tertiary alicyclic amines) is 1. The van der Waals surface area contributed by atoms with Gasteiger partial charge in [0, 0.05) is 18.8 Å². The predicted octanol–water partition coefficient (Wildman–Crippen LogP) is 4.21. The zero-order chi connectivity index (χ0) is 16.9. The Balaban J connectivity index is 1.57. The second-order valence-electron chi connectivity index (χ2n) is 6.34. The summed E-state index contributed by atoms with van der Waals surface area (Å²) >= 11 is 0. The minimum atomic E-state index is -0.216. The van der Waals surface area contributed by atoms with E-state index in [2.05, 4.69) is 12.2 Å². The molecule has 1 aliphatic rings. The summed E-state index contributed by atoms with van der Waals surface area (Å²) in [6.07, 6.45) is 2.23. The van der Waals surface area contributed by atoms with E-state index in [0.717, 1.165) is 43.1 Å². The van der Waals surface area contributed by atoms with Gasteiger partial charge in [-0.3, -0.25) is 4.79 Å². The quantitative estimate of drug-likeness (QED) is 0.896. The molecule has 126 valence electrons. The molecule has 0 saturated carbocycles. The van der Waals surface area contributed by atoms with Crippen molar-refractivity contribution in [3.63, 3.8) is 0 Å². The van der Waals surface area contributed by atoms with Crippen molar-refractivity contribution in [1.82, 2.24) is 4.90 Å². The van der Waals surface area contributed by atoms with Crippen LogP contribution in [0.3, 0.4) is 0 Å². The number of benzene rings is 2. The van der Waals surface area contributed by atoms with Gasteiger partial charge in [0.2, 0.25) is 5.91 Å². The number of rotatable bonds is 5. The average molecular weight is 324 g/mol. The van der Waals surface area contributed by atoms with Crippen LogP contribution in [0.1, 0.15) is 25.3 Å². The maximum Gasteiger partial charge on any atom is 0.244 e. The van der Waals surface area contributed by atoms with Crippen molar-refractivity contribution in [2.24, 2.45) is 0 Å². The summed E-state index contributed by atoms with van der Waals surface area (Å²) in [5.41, 5.74) is 2.13. The number of ether oxygens (including phenoxy) is 1. The smallest absolute Gasteiger partial charge is 0.244 e. The van der Waals surface area contributed by atoms with Crippen molar-refractivity contribution in [2.75, 3.05) is 18.4 Å². The summed E-state index contributed by atoms with van der Waals surface area (Å²) in [7, 11) is 0. The third-order valence-electron chi connectivity index (χ3n) is 4.28. The Kier molecular flexibility index (Phi) is 5.04. The highest BCUT2D eigenvalue weighted by Crippen LogP contribution is 2.23. The largest absolute Gasteiger partial charge is 0.457 e. The maximum atomic E-state index is 12.3. The van der Waals surface area contributed by atoms with Crippen LogP contribution in [0.5, 0.6) is 11.5 Å². The van der Waals surface area contributed by atoms with Gasteiger partial charge in [0.1, 0.15) is 17.5 Å². The van der Waals surface area contributed by atoms with Crippen LogP contribution in [0.25, 0.3) is 0 Å². The fraction of sp³-hybridized carbons (Fsp3) is 0.350. The van der Waals surface area contributed by atoms with Gasteiger partial charge in [-0.05, 0) is 63.1 Å². The molecular formula is C20H24N2O2. The Morgan fingerprint density at radius 2 is 1.54 bits per heavy atom. The molecular weight excluding hydrogens is 300 g/mol. The third-order valence-corrected chi connectivity index (χ3v) is 4.28. The molecule has 0 bridgehead atoms. The van der Waals surface area contributed by atoms with Crippen LogP contribution in [0.4, 0.5) is 5.69 Å². The zero-order valence-electron chi connectivity index (χ0n) is 14.3. The second kappa shape index (κ2) is 7.39. The summed E-state index contributed by atoms with van der Waals surface area (Å²) in [6, 6.07) is 15.5. The van der Waals surface area contributed by atoms with Gasteiger partial charge in [-0.15, -0.1) is 0 Å². The molecule has 1 amide bonds. The van der Waals surface area contributed by atoms with Crippen molar-refractivity contribution < 1.29 is 9.53 Å². The van der Waals surface area contributed by atoms with Gasteiger partial charge < -0.3 is 15.0 Å². The lowest BCUT2D eigenvalue weighted by Gasteiger charge is -2.22. The van der Waals surface area contributed by atoms with Gasteiger partial charge in [0.15, 0.2) is 0 Å². The molecule has 1 fully saturated rings. The predicted molar refractivity (Wildman–Crippen MR) is 96.6 cm³/mol. The van der Waals surface area contributed by atoms with Crippen molar-refractivity contribution in [2.45, 2.75) is 32.7 Å². The molecule has 2 aromatic rings. The molecule has 24 heavy (non-hydrogen) atoms. The molecule has 0 aliphatic carbocycles. The molecule has 1 N–H and O–H groups in total. The van der Waals surface area contributed by atoms with E-state index in [9.17, 15) is 4.79 Å². The highest BCUT2D eigenvalue weighted by atomic mass is 16.5. The first kappa shape index (κ1) is 16.4. The van der Waals surface area contributed by atoms with Crippen LogP contribution in [-0.2, 0) is 4.79 Å². The molecule has 1 aliphatic heterocycles. The van der Waals surface area contributed by atoms with E-state index in [1.165, 1.54) is 5.56 Å². The molecule has 0 radical (unpaired) electrons. The van der Waals surface area contributed by atoms with Crippen LogP contribution in [0, 0.1) is 6.92 Å². The van der Waals surface area contributed by atoms with E-state index in [4.69, 9.17) is 4.74 Å². The van der Waals surface area contributed by atoms with Gasteiger partial charge in [-0.25, -0.2) is 0 Å². The number of anilines is 1. The molecule has 0 unspecified atom stereocenters. The fourth-order valence-corrected chi connectivity index (χ4v) is 2.88. The normalized spacial score (nSPS) is 15.2. The molecule has 4 nitrogen and oxygen atoms in total. The SMILES string of the molecule is Cc1ccc(Oc2ccc(N[C@H](C)C(=O)N3CCCC3)cc2)cc1. The average Bonchev–Trinajstić information content (AvgIpc) is 3.12. The van der Waals surface area contributed by atoms with E-state index in [0.29, 0.717) is 0 Å². The molecule has 1 heterocycles. The standard InChI is InChI=1S/C20H24N2O2/c1-15-5-9-18(10-6-15)24-19-11-7-17(8-12-19)21-16(2)20(23)22-13-3-4-14-22/h5-12,16,21H,3-4,13-14H2,1-2H3/t16-/m1/s1. The van der Waals surface area contributed by atoms with Crippen molar-refractivity contribution in [3.8, 4) is 11.5 Å². The summed E-state index contributed by atoms with van der Waals surface area (Å²) in [4.78, 5) is 14.3. The Morgan fingerprint density at radius 1 is 1.00 bits per heavy atom. The van der Waals surface area contributed by atoms with E-state index in [1.807, 2.05) is 60.4 Å². The van der Waals surface area contributed by atoms with Gasteiger partial charge >= 0.3 is 0 Å². The third kappa shape index (κ3) is 4.07. The lowest BCUT2D eigenvalue weighted by atomic mass is 10.2. The number of hydrogen-bond donors (Lipinski definition) is 1. The van der Waals surface area contributed by atoms with Gasteiger partial charge in [0.25, 0.3) is 0 Å². The number of nitrogens with zero attached hydrogens (tertiary/aromatic N) is 1. The molecule has 3 rings (SSSR count). The van der Waals surface area contributed by atoms with Gasteiger partial charge in [0.05, 0.1) is 0 Å². The molecule has 0 spiro atoms. The van der Waals surface area contributed by atoms with Crippen LogP contribution < -0.4 is 10.1 Å². The highest BCUT2D eigenvalue weighted by Gasteiger charge is 2.22. The minimum absolute atomic E-state index is 0.174. The Bertz CT molecular complexity index is 674. The monoisotopic (exact) mass is 324 g/mol. The Hall–Kier alpha value is -2.49. The van der Waals surface area contributed by atoms with E-state index in [1.54, 1.807) is 0 Å². The van der Waals surface area contributed by atoms with Crippen LogP contribution in [0.2, 0.25) is 0 Å². The summed E-state index contributed by atoms with van der Waals surface area (Å²) in [6.45, 7) is 5.73. The minimum Gasteiger partial charge on any atom is -0.457 e. The van der Waals surface area contributed by atoms with Crippen molar-refractivity contribution in [3.05, 3.63) is 54.1 Å². The zero-order valence-corrected chi connectivity index (χ0v) is 14.3. The summed E-state index contributed by atoms with van der Waals surface area (Å²) in [5.74, 6) is 1.77. The lowest BCUT2D eigenvalue weighted by Crippen LogP contribution is -2.39. The second-order valence-corrected chi connectivity index (χ2v) is 6.34. The van der Waals surface area contributed by atoms with E-state index < -0.39 is 0 Å². The molecule has 1 saturated heterocycles. The Labute approximate surface area is 143 Å². The van der Waals surface area contributed by atoms with Crippen LogP contribution in [0.15, 0.2) is 48.5 Å². The number of aryl methyl sites for hydroxylation is 1. The Morgan fingerprint density at radius 3 is 2.12 bits per heavy atom. The van der Waals surface area contributed by atoms with Crippen LogP contribution in [-0.4, -0.2) is 29.9 Å². The van der Waals surface area contributed by atoms with E-state index >= 15 is 0 Å². The lowest BCUT2D eigenvalue weighted by molar-refractivity contribution is -0.130. The molecule has 0 aromatic heterocycles. The number of nitrogens with one attached hydrogen (secondary N) is 1. The first-order valence-corrected chi connectivity index (χ1v) is 8.52. The first-order valence-electron chi connectivity index (χ1n) is 8.52. The summed E-state index contributed by atoms with van der Waals surface area (Å²) in [5, 5.41) is 3.27. The summed E-state index contributed by atoms with van der Waals surface area (Å²) < 4.78 is 5.82. The van der Waals surface area contributed by atoms with E-state index in [-0.39, 0.29) is 11.9 Å². The van der Waals surface area contributed by atoms with Crippen molar-refractivity contribution in [1.29, 1.82) is 0 Å². The number of amides is 1. The fourth-order valence-electron chi connectivity index (χ4n) is 2.88. The maximum absolute atomic E-state index is 12.3. The number of carbonyl (C=O) groups excluding carboxylic acids is 1. The van der Waals surface area contributed by atoms with Gasteiger partial charge in [-0.2, -0.15) is 0 Å². The number of carbonyl (C=O) groups is 1.